The summed E-state index contributed by atoms with van der Waals surface area (Å²) in [5, 5.41) is 12.6. The molecule has 2 N–H and O–H groups in total. The first-order chi connectivity index (χ1) is 18.0. The van der Waals surface area contributed by atoms with E-state index in [1.165, 1.54) is 6.07 Å². The van der Waals surface area contributed by atoms with Crippen LogP contribution in [0.5, 0.6) is 11.5 Å². The number of amides is 1. The van der Waals surface area contributed by atoms with Crippen molar-refractivity contribution in [3.05, 3.63) is 96.3 Å². The van der Waals surface area contributed by atoms with Gasteiger partial charge in [0.15, 0.2) is 0 Å². The molecule has 0 radical (unpaired) electrons. The van der Waals surface area contributed by atoms with Gasteiger partial charge in [-0.3, -0.25) is 9.78 Å². The Morgan fingerprint density at radius 1 is 0.865 bits per heavy atom. The number of carbonyl (C=O) groups excluding carboxylic acids is 1. The van der Waals surface area contributed by atoms with Gasteiger partial charge in [-0.2, -0.15) is 0 Å². The standard InChI is InChI=1S/C30H28N2O5/c1-3-4-17-37-28-12-10-21(20-13-15-31-16-14-20)18-25(28)29(33)32-26-19-22(9-11-24(26)30(34)35)23-7-5-6-8-27(23)36-2/h5-16,18-19H,3-4,17H2,1-2H3,(H,32,33)(H,34,35). The Morgan fingerprint density at radius 2 is 1.62 bits per heavy atom. The van der Waals surface area contributed by atoms with Crippen LogP contribution in [0.4, 0.5) is 5.69 Å². The molecule has 0 unspecified atom stereocenters. The number of carboxylic acids is 1. The van der Waals surface area contributed by atoms with Crippen molar-refractivity contribution in [3.63, 3.8) is 0 Å². The number of hydrogen-bond acceptors (Lipinski definition) is 5. The summed E-state index contributed by atoms with van der Waals surface area (Å²) in [7, 11) is 1.57. The van der Waals surface area contributed by atoms with Gasteiger partial charge in [-0.25, -0.2) is 4.79 Å². The number of aromatic carboxylic acids is 1. The van der Waals surface area contributed by atoms with E-state index >= 15 is 0 Å². The third kappa shape index (κ3) is 5.95. The van der Waals surface area contributed by atoms with Crippen LogP contribution in [0.1, 0.15) is 40.5 Å². The van der Waals surface area contributed by atoms with E-state index in [-0.39, 0.29) is 11.3 Å². The Balaban J connectivity index is 1.74. The van der Waals surface area contributed by atoms with E-state index < -0.39 is 11.9 Å². The second-order valence-electron chi connectivity index (χ2n) is 8.37. The van der Waals surface area contributed by atoms with Crippen molar-refractivity contribution in [3.8, 4) is 33.8 Å². The van der Waals surface area contributed by atoms with E-state index in [4.69, 9.17) is 9.47 Å². The van der Waals surface area contributed by atoms with Crippen LogP contribution in [0, 0.1) is 0 Å². The fourth-order valence-corrected chi connectivity index (χ4v) is 3.96. The molecule has 3 aromatic carbocycles. The van der Waals surface area contributed by atoms with E-state index in [1.54, 1.807) is 43.8 Å². The molecule has 0 aliphatic rings. The Hall–Kier alpha value is -4.65. The fourth-order valence-electron chi connectivity index (χ4n) is 3.96. The van der Waals surface area contributed by atoms with Gasteiger partial charge in [0.05, 0.1) is 30.5 Å². The summed E-state index contributed by atoms with van der Waals surface area (Å²) in [6.07, 6.45) is 5.16. The number of carboxylic acid groups (broad SMARTS) is 1. The highest BCUT2D eigenvalue weighted by Gasteiger charge is 2.19. The predicted molar refractivity (Wildman–Crippen MR) is 143 cm³/mol. The average Bonchev–Trinajstić information content (AvgIpc) is 2.93. The molecule has 37 heavy (non-hydrogen) atoms. The van der Waals surface area contributed by atoms with Crippen LogP contribution in [0.15, 0.2) is 85.2 Å². The monoisotopic (exact) mass is 496 g/mol. The molecule has 1 heterocycles. The van der Waals surface area contributed by atoms with Crippen LogP contribution in [-0.2, 0) is 0 Å². The highest BCUT2D eigenvalue weighted by molar-refractivity contribution is 6.10. The first kappa shape index (κ1) is 25.4. The number of aromatic nitrogens is 1. The number of rotatable bonds is 10. The quantitative estimate of drug-likeness (QED) is 0.242. The van der Waals surface area contributed by atoms with Gasteiger partial charge >= 0.3 is 5.97 Å². The lowest BCUT2D eigenvalue weighted by Crippen LogP contribution is -2.16. The number of benzene rings is 3. The van der Waals surface area contributed by atoms with Crippen LogP contribution < -0.4 is 14.8 Å². The second-order valence-corrected chi connectivity index (χ2v) is 8.37. The fraction of sp³-hybridized carbons (Fsp3) is 0.167. The Kier molecular flexibility index (Phi) is 8.15. The Morgan fingerprint density at radius 3 is 2.35 bits per heavy atom. The SMILES string of the molecule is CCCCOc1ccc(-c2ccncc2)cc1C(=O)Nc1cc(-c2ccccc2OC)ccc1C(=O)O. The molecule has 0 fully saturated rings. The maximum Gasteiger partial charge on any atom is 0.337 e. The van der Waals surface area contributed by atoms with Gasteiger partial charge in [0, 0.05) is 18.0 Å². The number of nitrogens with one attached hydrogen (secondary N) is 1. The maximum absolute atomic E-state index is 13.6. The Labute approximate surface area is 215 Å². The first-order valence-electron chi connectivity index (χ1n) is 12.0. The molecule has 7 heteroatoms. The average molecular weight is 497 g/mol. The number of para-hydroxylation sites is 1. The minimum atomic E-state index is -1.15. The second kappa shape index (κ2) is 11.9. The van der Waals surface area contributed by atoms with E-state index in [0.29, 0.717) is 29.2 Å². The number of ether oxygens (including phenoxy) is 2. The van der Waals surface area contributed by atoms with Gasteiger partial charge in [-0.1, -0.05) is 43.7 Å². The summed E-state index contributed by atoms with van der Waals surface area (Å²) < 4.78 is 11.4. The van der Waals surface area contributed by atoms with E-state index in [2.05, 4.69) is 17.2 Å². The normalized spacial score (nSPS) is 10.5. The lowest BCUT2D eigenvalue weighted by Gasteiger charge is -2.16. The number of unbranched alkanes of at least 4 members (excludes halogenated alkanes) is 1. The van der Waals surface area contributed by atoms with Crippen molar-refractivity contribution in [2.45, 2.75) is 19.8 Å². The maximum atomic E-state index is 13.6. The van der Waals surface area contributed by atoms with Gasteiger partial charge in [0.2, 0.25) is 0 Å². The number of nitrogens with zero attached hydrogens (tertiary/aromatic N) is 1. The molecule has 0 aliphatic heterocycles. The number of anilines is 1. The van der Waals surface area contributed by atoms with Crippen molar-refractivity contribution in [2.75, 3.05) is 19.0 Å². The van der Waals surface area contributed by atoms with Crippen molar-refractivity contribution in [1.29, 1.82) is 0 Å². The molecule has 188 valence electrons. The molecule has 1 amide bonds. The molecule has 4 aromatic rings. The van der Waals surface area contributed by atoms with Crippen molar-refractivity contribution < 1.29 is 24.2 Å². The van der Waals surface area contributed by atoms with E-state index in [1.807, 2.05) is 42.5 Å². The van der Waals surface area contributed by atoms with Gasteiger partial charge in [-0.15, -0.1) is 0 Å². The van der Waals surface area contributed by atoms with Crippen LogP contribution >= 0.6 is 0 Å². The number of carbonyl (C=O) groups is 2. The van der Waals surface area contributed by atoms with Gasteiger partial charge < -0.3 is 19.9 Å². The number of hydrogen-bond donors (Lipinski definition) is 2. The van der Waals surface area contributed by atoms with E-state index in [9.17, 15) is 14.7 Å². The zero-order valence-corrected chi connectivity index (χ0v) is 20.7. The molecule has 7 nitrogen and oxygen atoms in total. The third-order valence-electron chi connectivity index (χ3n) is 5.91. The smallest absolute Gasteiger partial charge is 0.337 e. The predicted octanol–water partition coefficient (Wildman–Crippen LogP) is 6.55. The Bertz CT molecular complexity index is 1400. The highest BCUT2D eigenvalue weighted by Crippen LogP contribution is 2.33. The summed E-state index contributed by atoms with van der Waals surface area (Å²) in [4.78, 5) is 29.6. The van der Waals surface area contributed by atoms with Gasteiger partial charge in [-0.05, 0) is 65.6 Å². The number of methoxy groups -OCH3 is 1. The van der Waals surface area contributed by atoms with Gasteiger partial charge in [0.25, 0.3) is 5.91 Å². The first-order valence-corrected chi connectivity index (χ1v) is 12.0. The molecule has 0 bridgehead atoms. The van der Waals surface area contributed by atoms with Crippen molar-refractivity contribution >= 4 is 17.6 Å². The zero-order valence-electron chi connectivity index (χ0n) is 20.7. The summed E-state index contributed by atoms with van der Waals surface area (Å²) >= 11 is 0. The molecule has 1 aromatic heterocycles. The van der Waals surface area contributed by atoms with E-state index in [0.717, 1.165) is 29.5 Å². The van der Waals surface area contributed by atoms with Crippen molar-refractivity contribution in [1.82, 2.24) is 4.98 Å². The molecular weight excluding hydrogens is 468 g/mol. The molecule has 0 spiro atoms. The van der Waals surface area contributed by atoms with Crippen LogP contribution in [0.2, 0.25) is 0 Å². The third-order valence-corrected chi connectivity index (χ3v) is 5.91. The number of pyridine rings is 1. The zero-order chi connectivity index (χ0) is 26.2. The minimum Gasteiger partial charge on any atom is -0.496 e. The molecule has 4 rings (SSSR count). The largest absolute Gasteiger partial charge is 0.496 e. The van der Waals surface area contributed by atoms with Crippen LogP contribution in [-0.4, -0.2) is 35.7 Å². The molecule has 0 saturated carbocycles. The summed E-state index contributed by atoms with van der Waals surface area (Å²) in [6.45, 7) is 2.53. The summed E-state index contributed by atoms with van der Waals surface area (Å²) in [5.74, 6) is -0.546. The lowest BCUT2D eigenvalue weighted by molar-refractivity contribution is 0.0698. The van der Waals surface area contributed by atoms with Crippen molar-refractivity contribution in [2.24, 2.45) is 0 Å². The topological polar surface area (TPSA) is 97.8 Å². The highest BCUT2D eigenvalue weighted by atomic mass is 16.5. The molecule has 0 saturated heterocycles. The van der Waals surface area contributed by atoms with Crippen LogP contribution in [0.25, 0.3) is 22.3 Å². The van der Waals surface area contributed by atoms with Crippen LogP contribution in [0.3, 0.4) is 0 Å². The van der Waals surface area contributed by atoms with Gasteiger partial charge in [0.1, 0.15) is 11.5 Å². The molecular formula is C30H28N2O5. The molecule has 0 atom stereocenters. The summed E-state index contributed by atoms with van der Waals surface area (Å²) in [6, 6.07) is 21.3. The minimum absolute atomic E-state index is 0.0225. The lowest BCUT2D eigenvalue weighted by atomic mass is 10.0. The summed E-state index contributed by atoms with van der Waals surface area (Å²) in [5.41, 5.74) is 3.67. The molecule has 0 aliphatic carbocycles.